The number of carbonyl (C=O) groups is 2. The van der Waals surface area contributed by atoms with Gasteiger partial charge in [0.15, 0.2) is 0 Å². The lowest BCUT2D eigenvalue weighted by molar-refractivity contribution is -0.144. The summed E-state index contributed by atoms with van der Waals surface area (Å²) in [6.45, 7) is 1.34. The molecule has 6 heteroatoms. The molecule has 0 saturated carbocycles. The summed E-state index contributed by atoms with van der Waals surface area (Å²) >= 11 is 5.78. The number of hydrazone groups is 1. The van der Waals surface area contributed by atoms with E-state index in [0.717, 1.165) is 5.69 Å². The van der Waals surface area contributed by atoms with Crippen molar-refractivity contribution < 1.29 is 14.3 Å². The molecule has 0 aliphatic carbocycles. The number of rotatable bonds is 6. The normalized spacial score (nSPS) is 10.3. The number of Topliss-reactive ketones (excluding diaryl/α,β-unsaturated/α-hetero) is 1. The lowest BCUT2D eigenvalue weighted by Gasteiger charge is -2.01. The van der Waals surface area contributed by atoms with Gasteiger partial charge in [-0.15, -0.1) is 0 Å². The molecule has 0 aliphatic rings. The average Bonchev–Trinajstić information content (AvgIpc) is 2.27. The SMILES string of the molecule is CC(=O)CC(=O)OCC=NNc1cccc(Cl)c1. The maximum absolute atomic E-state index is 11.0. The Balaban J connectivity index is 2.26. The second kappa shape index (κ2) is 7.45. The van der Waals surface area contributed by atoms with E-state index in [1.807, 2.05) is 0 Å². The topological polar surface area (TPSA) is 67.8 Å². The van der Waals surface area contributed by atoms with Gasteiger partial charge in [-0.3, -0.25) is 15.0 Å². The van der Waals surface area contributed by atoms with Gasteiger partial charge in [0.1, 0.15) is 18.8 Å². The molecule has 0 unspecified atom stereocenters. The highest BCUT2D eigenvalue weighted by Gasteiger charge is 2.04. The third-order valence-electron chi connectivity index (χ3n) is 1.82. The van der Waals surface area contributed by atoms with Gasteiger partial charge in [-0.25, -0.2) is 0 Å². The van der Waals surface area contributed by atoms with Crippen LogP contribution in [0.2, 0.25) is 5.02 Å². The maximum atomic E-state index is 11.0. The first-order valence-corrected chi connectivity index (χ1v) is 5.64. The van der Waals surface area contributed by atoms with Gasteiger partial charge < -0.3 is 4.74 Å². The lowest BCUT2D eigenvalue weighted by atomic mass is 10.3. The summed E-state index contributed by atoms with van der Waals surface area (Å²) in [6.07, 6.45) is 1.18. The molecular formula is C12H13ClN2O3. The molecule has 1 rings (SSSR count). The summed E-state index contributed by atoms with van der Waals surface area (Å²) in [5, 5.41) is 4.44. The minimum atomic E-state index is -0.559. The highest BCUT2D eigenvalue weighted by atomic mass is 35.5. The van der Waals surface area contributed by atoms with Gasteiger partial charge in [-0.05, 0) is 25.1 Å². The van der Waals surface area contributed by atoms with Gasteiger partial charge in [0.2, 0.25) is 0 Å². The molecule has 0 atom stereocenters. The largest absolute Gasteiger partial charge is 0.459 e. The molecule has 0 bridgehead atoms. The fourth-order valence-corrected chi connectivity index (χ4v) is 1.29. The number of nitrogens with zero attached hydrogens (tertiary/aromatic N) is 1. The summed E-state index contributed by atoms with van der Waals surface area (Å²) in [4.78, 5) is 21.6. The van der Waals surface area contributed by atoms with Gasteiger partial charge in [0.05, 0.1) is 11.9 Å². The second-order valence-electron chi connectivity index (χ2n) is 3.50. The van der Waals surface area contributed by atoms with Crippen LogP contribution >= 0.6 is 11.6 Å². The van der Waals surface area contributed by atoms with Crippen LogP contribution in [0.15, 0.2) is 29.4 Å². The van der Waals surface area contributed by atoms with Gasteiger partial charge in [-0.2, -0.15) is 5.10 Å². The van der Waals surface area contributed by atoms with Crippen LogP contribution in [0.3, 0.4) is 0 Å². The number of nitrogens with one attached hydrogen (secondary N) is 1. The van der Waals surface area contributed by atoms with Crippen LogP contribution in [0.25, 0.3) is 0 Å². The van der Waals surface area contributed by atoms with Crippen molar-refractivity contribution in [3.05, 3.63) is 29.3 Å². The fraction of sp³-hybridized carbons (Fsp3) is 0.250. The molecule has 18 heavy (non-hydrogen) atoms. The van der Waals surface area contributed by atoms with Crippen LogP contribution < -0.4 is 5.43 Å². The Morgan fingerprint density at radius 3 is 2.94 bits per heavy atom. The number of hydrogen-bond donors (Lipinski definition) is 1. The van der Waals surface area contributed by atoms with Crippen molar-refractivity contribution in [2.24, 2.45) is 5.10 Å². The Bertz CT molecular complexity index is 460. The molecule has 0 saturated heterocycles. The monoisotopic (exact) mass is 268 g/mol. The Labute approximate surface area is 110 Å². The molecule has 1 aromatic carbocycles. The highest BCUT2D eigenvalue weighted by molar-refractivity contribution is 6.30. The van der Waals surface area contributed by atoms with Gasteiger partial charge in [0.25, 0.3) is 0 Å². The summed E-state index contributed by atoms with van der Waals surface area (Å²) in [5.74, 6) is -0.786. The summed E-state index contributed by atoms with van der Waals surface area (Å²) in [5.41, 5.74) is 3.46. The summed E-state index contributed by atoms with van der Waals surface area (Å²) in [6, 6.07) is 7.04. The Morgan fingerprint density at radius 2 is 2.28 bits per heavy atom. The van der Waals surface area contributed by atoms with Crippen molar-refractivity contribution in [1.29, 1.82) is 0 Å². The first-order valence-electron chi connectivity index (χ1n) is 5.26. The number of ketones is 1. The maximum Gasteiger partial charge on any atom is 0.313 e. The third-order valence-corrected chi connectivity index (χ3v) is 2.06. The number of carbonyl (C=O) groups excluding carboxylic acids is 2. The van der Waals surface area contributed by atoms with Crippen molar-refractivity contribution in [2.75, 3.05) is 12.0 Å². The first kappa shape index (κ1) is 14.2. The quantitative estimate of drug-likeness (QED) is 0.372. The van der Waals surface area contributed by atoms with E-state index in [4.69, 9.17) is 16.3 Å². The smallest absolute Gasteiger partial charge is 0.313 e. The second-order valence-corrected chi connectivity index (χ2v) is 3.93. The summed E-state index contributed by atoms with van der Waals surface area (Å²) < 4.78 is 4.74. The molecule has 0 spiro atoms. The lowest BCUT2D eigenvalue weighted by Crippen LogP contribution is -2.10. The zero-order chi connectivity index (χ0) is 13.4. The third kappa shape index (κ3) is 6.00. The minimum Gasteiger partial charge on any atom is -0.459 e. The van der Waals surface area contributed by atoms with Gasteiger partial charge in [-0.1, -0.05) is 17.7 Å². The van der Waals surface area contributed by atoms with E-state index in [1.54, 1.807) is 24.3 Å². The standard InChI is InChI=1S/C12H13ClN2O3/c1-9(16)7-12(17)18-6-5-14-15-11-4-2-3-10(13)8-11/h2-5,8,15H,6-7H2,1H3. The van der Waals surface area contributed by atoms with Gasteiger partial charge >= 0.3 is 5.97 Å². The van der Waals surface area contributed by atoms with E-state index in [1.165, 1.54) is 13.1 Å². The predicted molar refractivity (Wildman–Crippen MR) is 69.8 cm³/mol. The number of halogens is 1. The zero-order valence-electron chi connectivity index (χ0n) is 9.85. The van der Waals surface area contributed by atoms with Crippen LogP contribution in [0.1, 0.15) is 13.3 Å². The average molecular weight is 269 g/mol. The molecule has 0 amide bonds. The van der Waals surface area contributed by atoms with Crippen molar-refractivity contribution in [2.45, 2.75) is 13.3 Å². The van der Waals surface area contributed by atoms with Crippen molar-refractivity contribution in [3.63, 3.8) is 0 Å². The molecule has 96 valence electrons. The van der Waals surface area contributed by atoms with Crippen LogP contribution in [-0.4, -0.2) is 24.6 Å². The molecule has 0 fully saturated rings. The highest BCUT2D eigenvalue weighted by Crippen LogP contribution is 2.14. The van der Waals surface area contributed by atoms with E-state index in [2.05, 4.69) is 10.5 Å². The summed E-state index contributed by atoms with van der Waals surface area (Å²) in [7, 11) is 0. The Morgan fingerprint density at radius 1 is 1.50 bits per heavy atom. The predicted octanol–water partition coefficient (Wildman–Crippen LogP) is 2.26. The number of ether oxygens (including phenoxy) is 1. The fourth-order valence-electron chi connectivity index (χ4n) is 1.10. The molecule has 0 aliphatic heterocycles. The molecule has 1 aromatic rings. The van der Waals surface area contributed by atoms with Crippen LogP contribution in [-0.2, 0) is 14.3 Å². The molecule has 1 N–H and O–H groups in total. The van der Waals surface area contributed by atoms with E-state index < -0.39 is 5.97 Å². The number of hydrogen-bond acceptors (Lipinski definition) is 5. The van der Waals surface area contributed by atoms with Crippen LogP contribution in [0.5, 0.6) is 0 Å². The van der Waals surface area contributed by atoms with Crippen LogP contribution in [0, 0.1) is 0 Å². The molecule has 0 heterocycles. The van der Waals surface area contributed by atoms with Crippen molar-refractivity contribution >= 4 is 35.3 Å². The number of esters is 1. The van der Waals surface area contributed by atoms with E-state index in [0.29, 0.717) is 5.02 Å². The van der Waals surface area contributed by atoms with E-state index >= 15 is 0 Å². The van der Waals surface area contributed by atoms with Crippen molar-refractivity contribution in [3.8, 4) is 0 Å². The zero-order valence-corrected chi connectivity index (χ0v) is 10.6. The molecule has 0 radical (unpaired) electrons. The van der Waals surface area contributed by atoms with Crippen molar-refractivity contribution in [1.82, 2.24) is 0 Å². The molecule has 5 nitrogen and oxygen atoms in total. The Kier molecular flexibility index (Phi) is 5.87. The van der Waals surface area contributed by atoms with E-state index in [9.17, 15) is 9.59 Å². The van der Waals surface area contributed by atoms with Crippen LogP contribution in [0.4, 0.5) is 5.69 Å². The number of anilines is 1. The molecular weight excluding hydrogens is 256 g/mol. The van der Waals surface area contributed by atoms with E-state index in [-0.39, 0.29) is 18.8 Å². The van der Waals surface area contributed by atoms with Gasteiger partial charge in [0, 0.05) is 5.02 Å². The number of benzene rings is 1. The first-order chi connectivity index (χ1) is 8.58. The minimum absolute atomic E-state index is 0.0136. The molecule has 0 aromatic heterocycles. The Hall–Kier alpha value is -1.88.